The number of methoxy groups -OCH3 is 1. The summed E-state index contributed by atoms with van der Waals surface area (Å²) in [7, 11) is 1.61. The Morgan fingerprint density at radius 1 is 1.09 bits per heavy atom. The van der Waals surface area contributed by atoms with Gasteiger partial charge in [0, 0.05) is 16.5 Å². The molecule has 0 saturated carbocycles. The van der Waals surface area contributed by atoms with Crippen molar-refractivity contribution in [2.24, 2.45) is 0 Å². The third kappa shape index (κ3) is 2.90. The van der Waals surface area contributed by atoms with Gasteiger partial charge in [0.25, 0.3) is 5.56 Å². The summed E-state index contributed by atoms with van der Waals surface area (Å²) in [4.78, 5) is 31.3. The van der Waals surface area contributed by atoms with E-state index < -0.39 is 11.6 Å². The first-order valence-electron chi connectivity index (χ1n) is 11.2. The number of pyridine rings is 2. The number of fused-ring (bicyclic) bond motifs is 5. The molecule has 2 aromatic heterocycles. The second-order valence-corrected chi connectivity index (χ2v) is 8.56. The number of carbonyl (C=O) groups excluding carboxylic acids is 1. The molecule has 6 rings (SSSR count). The fourth-order valence-electron chi connectivity index (χ4n) is 4.84. The Kier molecular flexibility index (Phi) is 4.57. The van der Waals surface area contributed by atoms with Gasteiger partial charge in [-0.15, -0.1) is 0 Å². The molecule has 0 aliphatic carbocycles. The zero-order valence-corrected chi connectivity index (χ0v) is 18.8. The molecular formula is C27H22N2O5. The van der Waals surface area contributed by atoms with Crippen LogP contribution in [0.3, 0.4) is 0 Å². The maximum Gasteiger partial charge on any atom is 0.348 e. The summed E-state index contributed by atoms with van der Waals surface area (Å²) < 4.78 is 18.6. The molecular weight excluding hydrogens is 432 g/mol. The lowest BCUT2D eigenvalue weighted by Gasteiger charge is -2.25. The molecule has 34 heavy (non-hydrogen) atoms. The smallest absolute Gasteiger partial charge is 0.348 e. The molecule has 170 valence electrons. The molecule has 0 spiro atoms. The topological polar surface area (TPSA) is 79.7 Å². The number of carbonyl (C=O) groups is 1. The van der Waals surface area contributed by atoms with Crippen LogP contribution in [-0.2, 0) is 28.3 Å². The highest BCUT2D eigenvalue weighted by Crippen LogP contribution is 2.45. The molecule has 0 bridgehead atoms. The van der Waals surface area contributed by atoms with Gasteiger partial charge in [-0.05, 0) is 42.3 Å². The summed E-state index contributed by atoms with van der Waals surface area (Å²) in [6.45, 7) is 2.43. The third-order valence-corrected chi connectivity index (χ3v) is 6.73. The molecule has 0 fully saturated rings. The van der Waals surface area contributed by atoms with Crippen LogP contribution < -0.4 is 15.0 Å². The quantitative estimate of drug-likeness (QED) is 0.371. The normalized spacial score (nSPS) is 17.9. The van der Waals surface area contributed by atoms with Crippen molar-refractivity contribution >= 4 is 16.9 Å². The number of nitrogens with zero attached hydrogens (tertiary/aromatic N) is 2. The summed E-state index contributed by atoms with van der Waals surface area (Å²) in [6.07, 6.45) is 0.329. The first-order valence-corrected chi connectivity index (χ1v) is 11.2. The highest BCUT2D eigenvalue weighted by atomic mass is 16.6. The molecule has 0 unspecified atom stereocenters. The Bertz CT molecular complexity index is 1520. The molecule has 7 heteroatoms. The van der Waals surface area contributed by atoms with Crippen molar-refractivity contribution in [3.8, 4) is 22.9 Å². The standard InChI is InChI=1S/C27H22N2O5/c1-3-27(33-15-16-8-10-19(32-2)11-9-16)20-13-22-23-18(12-17-6-4-5-7-21(17)28-23)14-29(22)25(30)24(20)34-26(27)31/h4-13H,3,14-15H2,1-2H3/t27-/m0/s1. The van der Waals surface area contributed by atoms with Gasteiger partial charge >= 0.3 is 5.97 Å². The van der Waals surface area contributed by atoms with Gasteiger partial charge in [-0.3, -0.25) is 9.36 Å². The van der Waals surface area contributed by atoms with Crippen molar-refractivity contribution in [3.63, 3.8) is 0 Å². The molecule has 4 heterocycles. The van der Waals surface area contributed by atoms with Crippen LogP contribution in [-0.4, -0.2) is 22.6 Å². The van der Waals surface area contributed by atoms with E-state index >= 15 is 0 Å². The van der Waals surface area contributed by atoms with E-state index in [0.29, 0.717) is 24.2 Å². The van der Waals surface area contributed by atoms with Crippen molar-refractivity contribution in [2.45, 2.75) is 32.1 Å². The second-order valence-electron chi connectivity index (χ2n) is 8.56. The Hall–Kier alpha value is -3.97. The van der Waals surface area contributed by atoms with Crippen molar-refractivity contribution in [2.75, 3.05) is 7.11 Å². The summed E-state index contributed by atoms with van der Waals surface area (Å²) in [5.74, 6) is 0.219. The minimum absolute atomic E-state index is 0.0442. The molecule has 0 amide bonds. The third-order valence-electron chi connectivity index (χ3n) is 6.73. The lowest BCUT2D eigenvalue weighted by Crippen LogP contribution is -2.36. The fraction of sp³-hybridized carbons (Fsp3) is 0.222. The van der Waals surface area contributed by atoms with Crippen LogP contribution in [0.1, 0.15) is 30.0 Å². The zero-order chi connectivity index (χ0) is 23.4. The SMILES string of the molecule is CC[C@@]1(OCc2ccc(OC)cc2)C(=O)Oc2c1cc1n(c2=O)Cc2cc3ccccc3nc2-1. The molecule has 0 radical (unpaired) electrons. The molecule has 0 N–H and O–H groups in total. The van der Waals surface area contributed by atoms with Crippen molar-refractivity contribution < 1.29 is 19.0 Å². The number of ether oxygens (including phenoxy) is 3. The van der Waals surface area contributed by atoms with E-state index in [9.17, 15) is 9.59 Å². The molecule has 0 saturated heterocycles. The maximum absolute atomic E-state index is 13.4. The van der Waals surface area contributed by atoms with E-state index in [1.807, 2.05) is 61.5 Å². The number of hydrogen-bond acceptors (Lipinski definition) is 6. The Labute approximate surface area is 195 Å². The van der Waals surface area contributed by atoms with Crippen LogP contribution in [0.5, 0.6) is 11.5 Å². The molecule has 2 aliphatic heterocycles. The number of hydrogen-bond donors (Lipinski definition) is 0. The fourth-order valence-corrected chi connectivity index (χ4v) is 4.84. The van der Waals surface area contributed by atoms with E-state index in [4.69, 9.17) is 19.2 Å². The van der Waals surface area contributed by atoms with Gasteiger partial charge in [-0.2, -0.15) is 0 Å². The van der Waals surface area contributed by atoms with Gasteiger partial charge in [0.05, 0.1) is 37.2 Å². The minimum Gasteiger partial charge on any atom is -0.497 e. The average molecular weight is 454 g/mol. The van der Waals surface area contributed by atoms with Gasteiger partial charge in [-0.1, -0.05) is 37.3 Å². The average Bonchev–Trinajstić information content (AvgIpc) is 3.37. The zero-order valence-electron chi connectivity index (χ0n) is 18.8. The molecule has 1 atom stereocenters. The number of rotatable bonds is 5. The predicted octanol–water partition coefficient (Wildman–Crippen LogP) is 4.17. The van der Waals surface area contributed by atoms with E-state index in [1.54, 1.807) is 11.7 Å². The monoisotopic (exact) mass is 454 g/mol. The minimum atomic E-state index is -1.36. The van der Waals surface area contributed by atoms with Crippen LogP contribution in [0.15, 0.2) is 65.5 Å². The van der Waals surface area contributed by atoms with Gasteiger partial charge < -0.3 is 14.2 Å². The summed E-state index contributed by atoms with van der Waals surface area (Å²) >= 11 is 0. The summed E-state index contributed by atoms with van der Waals surface area (Å²) in [5, 5.41) is 1.02. The van der Waals surface area contributed by atoms with Gasteiger partial charge in [0.15, 0.2) is 5.60 Å². The summed E-state index contributed by atoms with van der Waals surface area (Å²) in [6, 6.07) is 19.2. The van der Waals surface area contributed by atoms with Crippen LogP contribution in [0, 0.1) is 0 Å². The number of esters is 1. The largest absolute Gasteiger partial charge is 0.497 e. The Morgan fingerprint density at radius 3 is 2.65 bits per heavy atom. The molecule has 4 aromatic rings. The van der Waals surface area contributed by atoms with Gasteiger partial charge in [-0.25, -0.2) is 9.78 Å². The first kappa shape index (κ1) is 20.6. The number of para-hydroxylation sites is 1. The number of aromatic nitrogens is 2. The molecule has 2 aromatic carbocycles. The lowest BCUT2D eigenvalue weighted by atomic mass is 9.92. The molecule has 2 aliphatic rings. The van der Waals surface area contributed by atoms with Crippen LogP contribution in [0.2, 0.25) is 0 Å². The van der Waals surface area contributed by atoms with E-state index in [-0.39, 0.29) is 17.9 Å². The Balaban J connectivity index is 1.44. The van der Waals surface area contributed by atoms with Crippen LogP contribution >= 0.6 is 0 Å². The van der Waals surface area contributed by atoms with Crippen molar-refractivity contribution in [1.82, 2.24) is 9.55 Å². The van der Waals surface area contributed by atoms with Gasteiger partial charge in [0.2, 0.25) is 5.75 Å². The predicted molar refractivity (Wildman–Crippen MR) is 126 cm³/mol. The highest BCUT2D eigenvalue weighted by molar-refractivity contribution is 5.90. The first-order chi connectivity index (χ1) is 16.5. The van der Waals surface area contributed by atoms with Crippen molar-refractivity contribution in [1.29, 1.82) is 0 Å². The van der Waals surface area contributed by atoms with E-state index in [1.165, 1.54) is 0 Å². The van der Waals surface area contributed by atoms with E-state index in [0.717, 1.165) is 33.5 Å². The van der Waals surface area contributed by atoms with Crippen LogP contribution in [0.25, 0.3) is 22.3 Å². The molecule has 7 nitrogen and oxygen atoms in total. The van der Waals surface area contributed by atoms with Crippen LogP contribution in [0.4, 0.5) is 0 Å². The highest BCUT2D eigenvalue weighted by Gasteiger charge is 2.51. The lowest BCUT2D eigenvalue weighted by molar-refractivity contribution is -0.161. The summed E-state index contributed by atoms with van der Waals surface area (Å²) in [5.41, 5.74) is 2.89. The maximum atomic E-state index is 13.4. The Morgan fingerprint density at radius 2 is 1.88 bits per heavy atom. The van der Waals surface area contributed by atoms with Gasteiger partial charge in [0.1, 0.15) is 5.75 Å². The van der Waals surface area contributed by atoms with E-state index in [2.05, 4.69) is 6.07 Å². The number of benzene rings is 2. The second kappa shape index (κ2) is 7.53. The van der Waals surface area contributed by atoms with Crippen molar-refractivity contribution in [3.05, 3.63) is 87.7 Å².